The first-order chi connectivity index (χ1) is 15.6. The maximum atomic E-state index is 11.5. The predicted molar refractivity (Wildman–Crippen MR) is 120 cm³/mol. The second kappa shape index (κ2) is 9.51. The van der Waals surface area contributed by atoms with Gasteiger partial charge in [-0.05, 0) is 60.7 Å². The fraction of sp³-hybridized carbons (Fsp3) is 0.167. The number of nitrogens with zero attached hydrogens (tertiary/aromatic N) is 1. The SMILES string of the molecule is COC(=O)c1ccc(NC(O)c2ccc3nc(-c4ccc(OCCO)cc4)[nH]c3c2)cc1. The molecule has 0 aliphatic heterocycles. The van der Waals surface area contributed by atoms with E-state index in [-0.39, 0.29) is 13.2 Å². The lowest BCUT2D eigenvalue weighted by Crippen LogP contribution is -2.10. The number of aliphatic hydroxyl groups is 2. The number of rotatable bonds is 8. The fourth-order valence-corrected chi connectivity index (χ4v) is 3.27. The van der Waals surface area contributed by atoms with E-state index in [1.54, 1.807) is 30.3 Å². The van der Waals surface area contributed by atoms with E-state index < -0.39 is 12.2 Å². The van der Waals surface area contributed by atoms with Gasteiger partial charge in [-0.25, -0.2) is 9.78 Å². The van der Waals surface area contributed by atoms with E-state index in [4.69, 9.17) is 9.84 Å². The van der Waals surface area contributed by atoms with Crippen LogP contribution in [0.1, 0.15) is 22.1 Å². The highest BCUT2D eigenvalue weighted by atomic mass is 16.5. The van der Waals surface area contributed by atoms with Crippen molar-refractivity contribution >= 4 is 22.7 Å². The molecule has 0 radical (unpaired) electrons. The summed E-state index contributed by atoms with van der Waals surface area (Å²) in [7, 11) is 1.33. The van der Waals surface area contributed by atoms with Crippen molar-refractivity contribution in [2.75, 3.05) is 25.6 Å². The molecule has 8 heteroatoms. The van der Waals surface area contributed by atoms with E-state index in [1.165, 1.54) is 7.11 Å². The molecule has 0 aliphatic rings. The number of aliphatic hydroxyl groups excluding tert-OH is 2. The third-order valence-electron chi connectivity index (χ3n) is 4.92. The Kier molecular flexibility index (Phi) is 6.34. The Labute approximate surface area is 184 Å². The highest BCUT2D eigenvalue weighted by Crippen LogP contribution is 2.26. The number of hydrogen-bond acceptors (Lipinski definition) is 7. The number of anilines is 1. The first-order valence-electron chi connectivity index (χ1n) is 10.0. The first-order valence-corrected chi connectivity index (χ1v) is 10.0. The third-order valence-corrected chi connectivity index (χ3v) is 4.92. The van der Waals surface area contributed by atoms with Crippen molar-refractivity contribution in [3.8, 4) is 17.1 Å². The number of H-pyrrole nitrogens is 1. The van der Waals surface area contributed by atoms with Crippen molar-refractivity contribution in [2.45, 2.75) is 6.23 Å². The summed E-state index contributed by atoms with van der Waals surface area (Å²) in [6, 6.07) is 19.6. The van der Waals surface area contributed by atoms with Gasteiger partial charge in [0.2, 0.25) is 0 Å². The van der Waals surface area contributed by atoms with Crippen molar-refractivity contribution in [1.29, 1.82) is 0 Å². The smallest absolute Gasteiger partial charge is 0.337 e. The van der Waals surface area contributed by atoms with Gasteiger partial charge in [-0.2, -0.15) is 0 Å². The quantitative estimate of drug-likeness (QED) is 0.248. The van der Waals surface area contributed by atoms with Gasteiger partial charge in [-0.15, -0.1) is 0 Å². The number of aromatic amines is 1. The third kappa shape index (κ3) is 4.72. The average molecular weight is 433 g/mol. The second-order valence-corrected chi connectivity index (χ2v) is 7.07. The molecule has 0 spiro atoms. The lowest BCUT2D eigenvalue weighted by molar-refractivity contribution is 0.0600. The molecule has 4 rings (SSSR count). The zero-order valence-corrected chi connectivity index (χ0v) is 17.4. The summed E-state index contributed by atoms with van der Waals surface area (Å²) in [6.07, 6.45) is -0.946. The number of fused-ring (bicyclic) bond motifs is 1. The molecule has 32 heavy (non-hydrogen) atoms. The van der Waals surface area contributed by atoms with Gasteiger partial charge >= 0.3 is 5.97 Å². The molecule has 1 aromatic heterocycles. The van der Waals surface area contributed by atoms with E-state index in [0.717, 1.165) is 16.6 Å². The van der Waals surface area contributed by atoms with Gasteiger partial charge in [0.05, 0.1) is 30.3 Å². The minimum absolute atomic E-state index is 0.0346. The van der Waals surface area contributed by atoms with Gasteiger partial charge in [0, 0.05) is 16.8 Å². The van der Waals surface area contributed by atoms with Crippen LogP contribution in [0.3, 0.4) is 0 Å². The van der Waals surface area contributed by atoms with Crippen LogP contribution in [0.5, 0.6) is 5.75 Å². The molecule has 8 nitrogen and oxygen atoms in total. The first kappa shape index (κ1) is 21.4. The number of carbonyl (C=O) groups is 1. The summed E-state index contributed by atoms with van der Waals surface area (Å²) >= 11 is 0. The number of aromatic nitrogens is 2. The van der Waals surface area contributed by atoms with Gasteiger partial charge < -0.3 is 30.0 Å². The Morgan fingerprint density at radius 2 is 1.84 bits per heavy atom. The van der Waals surface area contributed by atoms with Gasteiger partial charge in [0.15, 0.2) is 6.23 Å². The molecule has 0 amide bonds. The lowest BCUT2D eigenvalue weighted by atomic mass is 10.1. The highest BCUT2D eigenvalue weighted by molar-refractivity contribution is 5.89. The van der Waals surface area contributed by atoms with Crippen LogP contribution in [-0.4, -0.2) is 46.5 Å². The van der Waals surface area contributed by atoms with Gasteiger partial charge in [-0.1, -0.05) is 6.07 Å². The lowest BCUT2D eigenvalue weighted by Gasteiger charge is -2.14. The van der Waals surface area contributed by atoms with E-state index in [2.05, 4.69) is 20.0 Å². The van der Waals surface area contributed by atoms with Crippen molar-refractivity contribution < 1.29 is 24.5 Å². The summed E-state index contributed by atoms with van der Waals surface area (Å²) in [5, 5.41) is 22.5. The van der Waals surface area contributed by atoms with Crippen LogP contribution in [0, 0.1) is 0 Å². The normalized spacial score (nSPS) is 11.8. The van der Waals surface area contributed by atoms with Gasteiger partial charge in [0.25, 0.3) is 0 Å². The molecule has 0 aliphatic carbocycles. The van der Waals surface area contributed by atoms with Crippen LogP contribution >= 0.6 is 0 Å². The Hall–Kier alpha value is -3.88. The average Bonchev–Trinajstić information content (AvgIpc) is 3.26. The molecule has 164 valence electrons. The number of ether oxygens (including phenoxy) is 2. The van der Waals surface area contributed by atoms with Crippen LogP contribution in [0.4, 0.5) is 5.69 Å². The molecule has 0 saturated carbocycles. The van der Waals surface area contributed by atoms with Crippen molar-refractivity contribution in [3.63, 3.8) is 0 Å². The molecule has 1 unspecified atom stereocenters. The minimum atomic E-state index is -0.946. The van der Waals surface area contributed by atoms with E-state index >= 15 is 0 Å². The summed E-state index contributed by atoms with van der Waals surface area (Å²) in [5.74, 6) is 0.964. The zero-order chi connectivity index (χ0) is 22.5. The van der Waals surface area contributed by atoms with Crippen LogP contribution in [0.15, 0.2) is 66.7 Å². The van der Waals surface area contributed by atoms with E-state index in [0.29, 0.717) is 28.4 Å². The standard InChI is InChI=1S/C24H23N3O5/c1-31-24(30)16-2-7-18(8-3-16)25-23(29)17-6-11-20-21(14-17)27-22(26-20)15-4-9-19(10-5-15)32-13-12-28/h2-11,14,23,25,28-29H,12-13H2,1H3,(H,26,27). The highest BCUT2D eigenvalue weighted by Gasteiger charge is 2.12. The summed E-state index contributed by atoms with van der Waals surface area (Å²) in [4.78, 5) is 19.4. The fourth-order valence-electron chi connectivity index (χ4n) is 3.27. The van der Waals surface area contributed by atoms with E-state index in [1.807, 2.05) is 36.4 Å². The van der Waals surface area contributed by atoms with E-state index in [9.17, 15) is 9.90 Å². The second-order valence-electron chi connectivity index (χ2n) is 7.07. The van der Waals surface area contributed by atoms with Crippen molar-refractivity contribution in [1.82, 2.24) is 9.97 Å². The molecular formula is C24H23N3O5. The monoisotopic (exact) mass is 433 g/mol. The van der Waals surface area contributed by atoms with Gasteiger partial charge in [-0.3, -0.25) is 0 Å². The summed E-state index contributed by atoms with van der Waals surface area (Å²) in [5.41, 5.74) is 4.23. The van der Waals surface area contributed by atoms with Crippen LogP contribution in [0.2, 0.25) is 0 Å². The number of benzene rings is 3. The number of methoxy groups -OCH3 is 1. The molecule has 1 atom stereocenters. The molecule has 4 N–H and O–H groups in total. The zero-order valence-electron chi connectivity index (χ0n) is 17.4. The van der Waals surface area contributed by atoms with Crippen LogP contribution in [-0.2, 0) is 4.74 Å². The molecule has 0 fully saturated rings. The molecular weight excluding hydrogens is 410 g/mol. The Balaban J connectivity index is 1.49. The summed E-state index contributed by atoms with van der Waals surface area (Å²) in [6.45, 7) is 0.214. The molecule has 4 aromatic rings. The number of hydrogen-bond donors (Lipinski definition) is 4. The van der Waals surface area contributed by atoms with Crippen molar-refractivity contribution in [2.24, 2.45) is 0 Å². The number of imidazole rings is 1. The number of nitrogens with one attached hydrogen (secondary N) is 2. The predicted octanol–water partition coefficient (Wildman–Crippen LogP) is 3.49. The molecule has 3 aromatic carbocycles. The molecule has 0 saturated heterocycles. The number of carbonyl (C=O) groups excluding carboxylic acids is 1. The Bertz CT molecular complexity index is 1200. The minimum Gasteiger partial charge on any atom is -0.491 e. The largest absolute Gasteiger partial charge is 0.491 e. The molecule has 0 bridgehead atoms. The Morgan fingerprint density at radius 3 is 2.53 bits per heavy atom. The molecule has 1 heterocycles. The van der Waals surface area contributed by atoms with Crippen molar-refractivity contribution in [3.05, 3.63) is 77.9 Å². The maximum absolute atomic E-state index is 11.5. The van der Waals surface area contributed by atoms with Gasteiger partial charge in [0.1, 0.15) is 18.2 Å². The maximum Gasteiger partial charge on any atom is 0.337 e. The number of esters is 1. The van der Waals surface area contributed by atoms with Crippen LogP contribution < -0.4 is 10.1 Å². The Morgan fingerprint density at radius 1 is 1.09 bits per heavy atom. The summed E-state index contributed by atoms with van der Waals surface area (Å²) < 4.78 is 10.1. The topological polar surface area (TPSA) is 117 Å². The van der Waals surface area contributed by atoms with Crippen LogP contribution in [0.25, 0.3) is 22.4 Å².